The number of nitrogens with one attached hydrogen (secondary N) is 1. The first-order chi connectivity index (χ1) is 7.57. The highest BCUT2D eigenvalue weighted by Crippen LogP contribution is 2.28. The minimum absolute atomic E-state index is 0.0136. The second-order valence-corrected chi connectivity index (χ2v) is 3.84. The van der Waals surface area contributed by atoms with Crippen LogP contribution in [0.5, 0.6) is 0 Å². The lowest BCUT2D eigenvalue weighted by Crippen LogP contribution is -2.64. The van der Waals surface area contributed by atoms with Crippen molar-refractivity contribution in [2.45, 2.75) is 18.4 Å². The van der Waals surface area contributed by atoms with Crippen molar-refractivity contribution < 1.29 is 24.2 Å². The molecule has 1 spiro atoms. The van der Waals surface area contributed by atoms with Gasteiger partial charge in [-0.3, -0.25) is 9.59 Å². The lowest BCUT2D eigenvalue weighted by Gasteiger charge is -2.40. The largest absolute Gasteiger partial charge is 0.464 e. The first-order valence-corrected chi connectivity index (χ1v) is 5.02. The summed E-state index contributed by atoms with van der Waals surface area (Å²) in [5, 5.41) is 11.8. The fraction of sp³-hybridized carbons (Fsp3) is 0.667. The summed E-state index contributed by atoms with van der Waals surface area (Å²) in [6.07, 6.45) is -1.29. The number of rotatable bonds is 0. The van der Waals surface area contributed by atoms with Gasteiger partial charge in [-0.2, -0.15) is 4.90 Å². The molecule has 1 atom stereocenters. The molecule has 0 aromatic carbocycles. The molecule has 2 N–H and O–H groups in total. The van der Waals surface area contributed by atoms with Crippen LogP contribution < -0.4 is 5.32 Å². The maximum atomic E-state index is 11.9. The van der Waals surface area contributed by atoms with Crippen LogP contribution in [-0.4, -0.2) is 53.2 Å². The highest BCUT2D eigenvalue weighted by molar-refractivity contribution is 6.12. The van der Waals surface area contributed by atoms with E-state index in [2.05, 4.69) is 5.32 Å². The molecule has 1 unspecified atom stereocenters. The highest BCUT2D eigenvalue weighted by atomic mass is 16.5. The summed E-state index contributed by atoms with van der Waals surface area (Å²) in [5.41, 5.74) is -1.18. The van der Waals surface area contributed by atoms with E-state index in [-0.39, 0.29) is 24.3 Å². The van der Waals surface area contributed by atoms with Crippen molar-refractivity contribution in [2.24, 2.45) is 0 Å². The Morgan fingerprint density at radius 2 is 2.25 bits per heavy atom. The van der Waals surface area contributed by atoms with Crippen LogP contribution in [0.4, 0.5) is 4.79 Å². The molecular weight excluding hydrogens is 216 g/mol. The molecular formula is C9H12N2O5. The Morgan fingerprint density at radius 3 is 2.81 bits per heavy atom. The van der Waals surface area contributed by atoms with Gasteiger partial charge in [0, 0.05) is 19.5 Å². The van der Waals surface area contributed by atoms with Gasteiger partial charge in [-0.1, -0.05) is 0 Å². The monoisotopic (exact) mass is 228 g/mol. The third kappa shape index (κ3) is 1.57. The minimum atomic E-state index is -1.54. The third-order valence-corrected chi connectivity index (χ3v) is 2.84. The first kappa shape index (κ1) is 11.0. The van der Waals surface area contributed by atoms with Crippen LogP contribution >= 0.6 is 0 Å². The average Bonchev–Trinajstić information content (AvgIpc) is 2.26. The summed E-state index contributed by atoms with van der Waals surface area (Å²) in [5.74, 6) is -1.46. The van der Waals surface area contributed by atoms with Crippen molar-refractivity contribution in [3.8, 4) is 0 Å². The van der Waals surface area contributed by atoms with Crippen molar-refractivity contribution >= 4 is 17.9 Å². The van der Waals surface area contributed by atoms with E-state index in [0.717, 1.165) is 0 Å². The second-order valence-electron chi connectivity index (χ2n) is 3.84. The zero-order chi connectivity index (χ0) is 11.8. The van der Waals surface area contributed by atoms with Gasteiger partial charge in [-0.05, 0) is 6.42 Å². The fourth-order valence-electron chi connectivity index (χ4n) is 2.00. The summed E-state index contributed by atoms with van der Waals surface area (Å²) in [7, 11) is 0. The number of morpholine rings is 1. The van der Waals surface area contributed by atoms with Gasteiger partial charge in [0.15, 0.2) is 5.60 Å². The molecule has 2 heterocycles. The number of carbonyl (C=O) groups is 3. The molecule has 2 fully saturated rings. The molecule has 0 aliphatic carbocycles. The quantitative estimate of drug-likeness (QED) is 0.525. The number of likely N-dealkylation sites (tertiary alicyclic amines) is 1. The molecule has 0 radical (unpaired) electrons. The van der Waals surface area contributed by atoms with Crippen LogP contribution in [0.1, 0.15) is 12.8 Å². The third-order valence-electron chi connectivity index (χ3n) is 2.84. The highest BCUT2D eigenvalue weighted by Gasteiger charge is 2.51. The number of amides is 3. The van der Waals surface area contributed by atoms with E-state index >= 15 is 0 Å². The van der Waals surface area contributed by atoms with Gasteiger partial charge in [0.2, 0.25) is 5.91 Å². The molecule has 16 heavy (non-hydrogen) atoms. The maximum absolute atomic E-state index is 11.9. The number of hydrogen-bond acceptors (Lipinski definition) is 5. The van der Waals surface area contributed by atoms with Crippen LogP contribution in [0.15, 0.2) is 0 Å². The molecule has 2 aliphatic rings. The van der Waals surface area contributed by atoms with Crippen LogP contribution in [0, 0.1) is 0 Å². The maximum Gasteiger partial charge on any atom is 0.421 e. The van der Waals surface area contributed by atoms with E-state index in [0.29, 0.717) is 13.2 Å². The molecule has 88 valence electrons. The first-order valence-electron chi connectivity index (χ1n) is 5.02. The van der Waals surface area contributed by atoms with E-state index in [1.807, 2.05) is 0 Å². The molecule has 7 heteroatoms. The molecule has 0 bridgehead atoms. The van der Waals surface area contributed by atoms with Crippen molar-refractivity contribution in [3.05, 3.63) is 0 Å². The second kappa shape index (κ2) is 3.84. The van der Waals surface area contributed by atoms with Gasteiger partial charge in [0.1, 0.15) is 0 Å². The normalized spacial score (nSPS) is 30.9. The van der Waals surface area contributed by atoms with E-state index in [1.165, 1.54) is 0 Å². The van der Waals surface area contributed by atoms with Crippen molar-refractivity contribution in [1.29, 1.82) is 0 Å². The molecule has 2 aliphatic heterocycles. The summed E-state index contributed by atoms with van der Waals surface area (Å²) < 4.78 is 5.38. The fourth-order valence-corrected chi connectivity index (χ4v) is 2.00. The van der Waals surface area contributed by atoms with Crippen LogP contribution in [0.25, 0.3) is 0 Å². The zero-order valence-electron chi connectivity index (χ0n) is 8.56. The Morgan fingerprint density at radius 1 is 1.50 bits per heavy atom. The number of carbonyl (C=O) groups excluding carboxylic acids is 2. The van der Waals surface area contributed by atoms with E-state index < -0.39 is 23.5 Å². The summed E-state index contributed by atoms with van der Waals surface area (Å²) in [6, 6.07) is 0. The Kier molecular flexibility index (Phi) is 2.64. The molecule has 7 nitrogen and oxygen atoms in total. The topological polar surface area (TPSA) is 95.9 Å². The Labute approximate surface area is 91.3 Å². The Balaban J connectivity index is 2.26. The van der Waals surface area contributed by atoms with Gasteiger partial charge < -0.3 is 15.2 Å². The molecule has 0 saturated carbocycles. The van der Waals surface area contributed by atoms with Crippen LogP contribution in [-0.2, 0) is 14.3 Å². The Bertz CT molecular complexity index is 348. The summed E-state index contributed by atoms with van der Waals surface area (Å²) in [4.78, 5) is 34.3. The predicted molar refractivity (Wildman–Crippen MR) is 50.7 cm³/mol. The SMILES string of the molecule is O=C(O)N1C(=O)CCC2(CNCCO2)C1=O. The molecule has 2 rings (SSSR count). The number of nitrogens with zero attached hydrogens (tertiary/aromatic N) is 1. The molecule has 0 aromatic heterocycles. The zero-order valence-corrected chi connectivity index (χ0v) is 8.56. The number of imide groups is 3. The smallest absolute Gasteiger partial charge is 0.421 e. The standard InChI is InChI=1S/C9H12N2O5/c12-6-1-2-9(5-10-3-4-16-9)7(13)11(6)8(14)15/h10H,1-5H2,(H,14,15). The molecule has 0 aromatic rings. The van der Waals surface area contributed by atoms with Gasteiger partial charge in [-0.25, -0.2) is 4.79 Å². The van der Waals surface area contributed by atoms with Gasteiger partial charge in [-0.15, -0.1) is 0 Å². The number of piperidine rings is 1. The van der Waals surface area contributed by atoms with E-state index in [1.54, 1.807) is 0 Å². The van der Waals surface area contributed by atoms with E-state index in [9.17, 15) is 14.4 Å². The van der Waals surface area contributed by atoms with Crippen molar-refractivity contribution in [3.63, 3.8) is 0 Å². The van der Waals surface area contributed by atoms with Gasteiger partial charge >= 0.3 is 6.09 Å². The summed E-state index contributed by atoms with van der Waals surface area (Å²) >= 11 is 0. The lowest BCUT2D eigenvalue weighted by molar-refractivity contribution is -0.172. The van der Waals surface area contributed by atoms with Gasteiger partial charge in [0.05, 0.1) is 6.61 Å². The lowest BCUT2D eigenvalue weighted by atomic mass is 9.90. The molecule has 2 saturated heterocycles. The van der Waals surface area contributed by atoms with E-state index in [4.69, 9.17) is 9.84 Å². The Hall–Kier alpha value is -1.47. The van der Waals surface area contributed by atoms with Gasteiger partial charge in [0.25, 0.3) is 5.91 Å². The average molecular weight is 228 g/mol. The van der Waals surface area contributed by atoms with Crippen molar-refractivity contribution in [1.82, 2.24) is 10.2 Å². The van der Waals surface area contributed by atoms with Crippen molar-refractivity contribution in [2.75, 3.05) is 19.7 Å². The minimum Gasteiger partial charge on any atom is -0.464 e. The number of hydrogen-bond donors (Lipinski definition) is 2. The van der Waals surface area contributed by atoms with Crippen LogP contribution in [0.3, 0.4) is 0 Å². The molecule has 3 amide bonds. The number of ether oxygens (including phenoxy) is 1. The number of carboxylic acid groups (broad SMARTS) is 1. The summed E-state index contributed by atoms with van der Waals surface area (Å²) in [6.45, 7) is 1.21. The predicted octanol–water partition coefficient (Wildman–Crippen LogP) is -0.828. The van der Waals surface area contributed by atoms with Crippen LogP contribution in [0.2, 0.25) is 0 Å².